The molecule has 200 valence electrons. The van der Waals surface area contributed by atoms with Gasteiger partial charge in [-0.1, -0.05) is 18.2 Å². The van der Waals surface area contributed by atoms with Crippen molar-refractivity contribution in [1.29, 1.82) is 0 Å². The van der Waals surface area contributed by atoms with Crippen molar-refractivity contribution < 1.29 is 27.5 Å². The summed E-state index contributed by atoms with van der Waals surface area (Å²) >= 11 is 1.18. The maximum Gasteiger partial charge on any atom is 0.259 e. The van der Waals surface area contributed by atoms with Crippen LogP contribution in [-0.4, -0.2) is 71.3 Å². The molecule has 0 spiro atoms. The third-order valence-electron chi connectivity index (χ3n) is 6.84. The molecule has 0 aromatic heterocycles. The summed E-state index contributed by atoms with van der Waals surface area (Å²) in [5.41, 5.74) is 1.79. The van der Waals surface area contributed by atoms with Crippen LogP contribution in [0.2, 0.25) is 0 Å². The number of nitrogens with one attached hydrogen (secondary N) is 1. The van der Waals surface area contributed by atoms with Crippen LogP contribution in [0.25, 0.3) is 10.8 Å². The summed E-state index contributed by atoms with van der Waals surface area (Å²) in [6.45, 7) is 3.22. The smallest absolute Gasteiger partial charge is 0.259 e. The SMILES string of the molecule is C/C=C(\SC)S(=O)(=O)N1CCCC(C(=O)Nc2cc(OC)c3c4c(cccc24)C(=O)N3CCCOC)C1. The van der Waals surface area contributed by atoms with E-state index in [1.54, 1.807) is 49.5 Å². The maximum atomic E-state index is 13.4. The molecule has 2 amide bonds. The van der Waals surface area contributed by atoms with E-state index in [-0.39, 0.29) is 22.6 Å². The van der Waals surface area contributed by atoms with Crippen LogP contribution in [0.4, 0.5) is 11.4 Å². The van der Waals surface area contributed by atoms with E-state index in [2.05, 4.69) is 5.32 Å². The Hall–Kier alpha value is -2.60. The molecule has 11 heteroatoms. The van der Waals surface area contributed by atoms with Gasteiger partial charge in [-0.2, -0.15) is 4.31 Å². The lowest BCUT2D eigenvalue weighted by Crippen LogP contribution is -2.43. The van der Waals surface area contributed by atoms with Crippen LogP contribution in [0.3, 0.4) is 0 Å². The zero-order valence-electron chi connectivity index (χ0n) is 21.6. The van der Waals surface area contributed by atoms with Crippen molar-refractivity contribution in [1.82, 2.24) is 4.31 Å². The van der Waals surface area contributed by atoms with Crippen LogP contribution >= 0.6 is 11.8 Å². The van der Waals surface area contributed by atoms with Crippen molar-refractivity contribution >= 4 is 55.7 Å². The normalized spacial score (nSPS) is 18.5. The molecule has 1 fully saturated rings. The number of rotatable bonds is 10. The first kappa shape index (κ1) is 27.4. The largest absolute Gasteiger partial charge is 0.494 e. The Labute approximate surface area is 222 Å². The quantitative estimate of drug-likeness (QED) is 0.448. The number of carbonyl (C=O) groups is 2. The van der Waals surface area contributed by atoms with Gasteiger partial charge >= 0.3 is 0 Å². The van der Waals surface area contributed by atoms with Crippen LogP contribution in [-0.2, 0) is 19.6 Å². The van der Waals surface area contributed by atoms with Gasteiger partial charge in [0.1, 0.15) is 9.99 Å². The number of piperidine rings is 1. The molecule has 0 bridgehead atoms. The van der Waals surface area contributed by atoms with Gasteiger partial charge in [-0.3, -0.25) is 9.59 Å². The van der Waals surface area contributed by atoms with Gasteiger partial charge in [0, 0.05) is 50.2 Å². The average molecular weight is 548 g/mol. The first-order chi connectivity index (χ1) is 17.8. The fourth-order valence-electron chi connectivity index (χ4n) is 5.07. The summed E-state index contributed by atoms with van der Waals surface area (Å²) in [6.07, 6.45) is 5.18. The number of thioether (sulfide) groups is 1. The van der Waals surface area contributed by atoms with Gasteiger partial charge in [0.25, 0.3) is 5.91 Å². The van der Waals surface area contributed by atoms with Gasteiger partial charge in [0.05, 0.1) is 30.0 Å². The van der Waals surface area contributed by atoms with E-state index in [1.165, 1.54) is 23.2 Å². The van der Waals surface area contributed by atoms with Crippen LogP contribution in [0.5, 0.6) is 5.75 Å². The zero-order valence-corrected chi connectivity index (χ0v) is 23.2. The molecular formula is C26H33N3O6S2. The Morgan fingerprint density at radius 2 is 2.08 bits per heavy atom. The van der Waals surface area contributed by atoms with E-state index in [9.17, 15) is 18.0 Å². The van der Waals surface area contributed by atoms with E-state index < -0.39 is 15.9 Å². The minimum atomic E-state index is -3.63. The van der Waals surface area contributed by atoms with Crippen molar-refractivity contribution in [3.8, 4) is 5.75 Å². The molecule has 2 aliphatic rings. The number of sulfonamides is 1. The molecular weight excluding hydrogens is 514 g/mol. The highest BCUT2D eigenvalue weighted by molar-refractivity contribution is 8.17. The van der Waals surface area contributed by atoms with E-state index >= 15 is 0 Å². The maximum absolute atomic E-state index is 13.4. The lowest BCUT2D eigenvalue weighted by molar-refractivity contribution is -0.120. The second kappa shape index (κ2) is 11.4. The number of nitrogens with zero attached hydrogens (tertiary/aromatic N) is 2. The number of methoxy groups -OCH3 is 2. The van der Waals surface area contributed by atoms with Gasteiger partial charge in [-0.05, 0) is 38.5 Å². The summed E-state index contributed by atoms with van der Waals surface area (Å²) in [5, 5.41) is 4.49. The minimum Gasteiger partial charge on any atom is -0.494 e. The highest BCUT2D eigenvalue weighted by atomic mass is 32.3. The second-order valence-electron chi connectivity index (χ2n) is 9.01. The molecule has 2 aromatic rings. The van der Waals surface area contributed by atoms with E-state index in [1.807, 2.05) is 6.07 Å². The highest BCUT2D eigenvalue weighted by Gasteiger charge is 2.36. The molecule has 1 atom stereocenters. The molecule has 2 aromatic carbocycles. The monoisotopic (exact) mass is 547 g/mol. The second-order valence-corrected chi connectivity index (χ2v) is 12.0. The number of ether oxygens (including phenoxy) is 2. The van der Waals surface area contributed by atoms with E-state index in [4.69, 9.17) is 9.47 Å². The highest BCUT2D eigenvalue weighted by Crippen LogP contribution is 2.47. The Morgan fingerprint density at radius 3 is 2.76 bits per heavy atom. The van der Waals surface area contributed by atoms with Crippen molar-refractivity contribution in [2.75, 3.05) is 56.9 Å². The number of benzene rings is 2. The molecule has 9 nitrogen and oxygen atoms in total. The first-order valence-corrected chi connectivity index (χ1v) is 14.9. The van der Waals surface area contributed by atoms with Crippen molar-refractivity contribution in [3.63, 3.8) is 0 Å². The zero-order chi connectivity index (χ0) is 26.7. The number of hydrogen-bond acceptors (Lipinski definition) is 7. The Morgan fingerprint density at radius 1 is 1.30 bits per heavy atom. The van der Waals surface area contributed by atoms with Gasteiger partial charge in [-0.25, -0.2) is 8.42 Å². The Kier molecular flexibility index (Phi) is 8.47. The first-order valence-electron chi connectivity index (χ1n) is 12.2. The Balaban J connectivity index is 1.64. The van der Waals surface area contributed by atoms with Crippen LogP contribution in [0.1, 0.15) is 36.5 Å². The molecule has 1 saturated heterocycles. The fraction of sp³-hybridized carbons (Fsp3) is 0.462. The van der Waals surface area contributed by atoms with Crippen molar-refractivity contribution in [2.45, 2.75) is 26.2 Å². The number of hydrogen-bond donors (Lipinski definition) is 1. The molecule has 1 unspecified atom stereocenters. The van der Waals surface area contributed by atoms with Gasteiger partial charge in [0.2, 0.25) is 15.9 Å². The fourth-order valence-corrected chi connectivity index (χ4v) is 7.77. The van der Waals surface area contributed by atoms with Gasteiger partial charge in [-0.15, -0.1) is 11.8 Å². The molecule has 0 aliphatic carbocycles. The molecule has 4 rings (SSSR count). The topological polar surface area (TPSA) is 105 Å². The van der Waals surface area contributed by atoms with Crippen LogP contribution < -0.4 is 15.0 Å². The molecule has 0 saturated carbocycles. The molecule has 0 radical (unpaired) electrons. The summed E-state index contributed by atoms with van der Waals surface area (Å²) in [5.74, 6) is -0.371. The lowest BCUT2D eigenvalue weighted by Gasteiger charge is -2.31. The number of carbonyl (C=O) groups excluding carboxylic acids is 2. The van der Waals surface area contributed by atoms with Crippen molar-refractivity contribution in [3.05, 3.63) is 40.1 Å². The summed E-state index contributed by atoms with van der Waals surface area (Å²) < 4.78 is 38.5. The number of anilines is 2. The third kappa shape index (κ3) is 5.09. The molecule has 2 aliphatic heterocycles. The predicted octanol–water partition coefficient (Wildman–Crippen LogP) is 4.05. The van der Waals surface area contributed by atoms with Crippen molar-refractivity contribution in [2.24, 2.45) is 5.92 Å². The number of allylic oxidation sites excluding steroid dienone is 1. The minimum absolute atomic E-state index is 0.111. The summed E-state index contributed by atoms with van der Waals surface area (Å²) in [7, 11) is -0.465. The summed E-state index contributed by atoms with van der Waals surface area (Å²) in [4.78, 5) is 28.3. The average Bonchev–Trinajstić information content (AvgIpc) is 3.19. The van der Waals surface area contributed by atoms with E-state index in [0.29, 0.717) is 61.6 Å². The predicted molar refractivity (Wildman–Crippen MR) is 148 cm³/mol. The molecule has 37 heavy (non-hydrogen) atoms. The van der Waals surface area contributed by atoms with E-state index in [0.717, 1.165) is 10.8 Å². The Bertz CT molecular complexity index is 1340. The number of amides is 2. The van der Waals surface area contributed by atoms with Gasteiger partial charge < -0.3 is 19.7 Å². The molecule has 1 N–H and O–H groups in total. The van der Waals surface area contributed by atoms with Crippen LogP contribution in [0.15, 0.2) is 34.6 Å². The molecule has 2 heterocycles. The third-order valence-corrected chi connectivity index (χ3v) is 10.4. The standard InChI is InChI=1S/C26H33N3O6S2/c1-5-22(36-4)37(32,33)28-12-7-9-17(16-28)25(30)27-20-15-21(35-3)24-23-18(20)10-6-11-19(23)26(31)29(24)13-8-14-34-2/h5-6,10-11,15,17H,7-9,12-14,16H2,1-4H3,(H,27,30)/b22-5+. The summed E-state index contributed by atoms with van der Waals surface area (Å²) in [6, 6.07) is 7.20. The van der Waals surface area contributed by atoms with Gasteiger partial charge in [0.15, 0.2) is 0 Å². The lowest BCUT2D eigenvalue weighted by atomic mass is 9.98. The van der Waals surface area contributed by atoms with Crippen LogP contribution in [0, 0.1) is 5.92 Å².